The van der Waals surface area contributed by atoms with Gasteiger partial charge in [-0.2, -0.15) is 5.26 Å². The van der Waals surface area contributed by atoms with E-state index in [0.717, 1.165) is 5.56 Å². The molecule has 2 N–H and O–H groups in total. The van der Waals surface area contributed by atoms with Gasteiger partial charge in [-0.1, -0.05) is 17.7 Å². The number of carbonyl (C=O) groups excluding carboxylic acids is 2. The van der Waals surface area contributed by atoms with Crippen LogP contribution in [0.2, 0.25) is 0 Å². The van der Waals surface area contributed by atoms with Gasteiger partial charge in [-0.15, -0.1) is 0 Å². The Morgan fingerprint density at radius 2 is 2.00 bits per heavy atom. The molecule has 1 aliphatic heterocycles. The largest absolute Gasteiger partial charge is 0.380 e. The van der Waals surface area contributed by atoms with Crippen LogP contribution in [0.3, 0.4) is 0 Å². The summed E-state index contributed by atoms with van der Waals surface area (Å²) in [6, 6.07) is 14.2. The number of aliphatic hydroxyl groups is 1. The molecule has 1 aliphatic rings. The highest BCUT2D eigenvalue weighted by molar-refractivity contribution is 6.04. The number of hydrogen-bond donors (Lipinski definition) is 2. The van der Waals surface area contributed by atoms with E-state index in [-0.39, 0.29) is 6.61 Å². The summed E-state index contributed by atoms with van der Waals surface area (Å²) in [6.45, 7) is 4.25. The highest BCUT2D eigenvalue weighted by atomic mass is 16.5. The van der Waals surface area contributed by atoms with Crippen LogP contribution in [-0.2, 0) is 14.3 Å². The average Bonchev–Trinajstić information content (AvgIpc) is 2.70. The third kappa shape index (κ3) is 4.03. The molecular formula is C21H21N3O4. The third-order valence-electron chi connectivity index (χ3n) is 4.64. The molecule has 2 amide bonds. The Labute approximate surface area is 163 Å². The van der Waals surface area contributed by atoms with Gasteiger partial charge in [0.1, 0.15) is 0 Å². The van der Waals surface area contributed by atoms with Gasteiger partial charge in [0.25, 0.3) is 11.8 Å². The lowest BCUT2D eigenvalue weighted by molar-refractivity contribution is -0.150. The van der Waals surface area contributed by atoms with E-state index in [1.54, 1.807) is 25.1 Å². The molecule has 1 heterocycles. The van der Waals surface area contributed by atoms with Crippen LogP contribution in [0.4, 0.5) is 11.4 Å². The SMILES string of the molecule is Cc1ccc(N2CCO[C@H]([C@@H](O)C(=O)Nc3ccc(C#N)cc3C)C2=O)cc1. The van der Waals surface area contributed by atoms with E-state index in [4.69, 9.17) is 10.00 Å². The molecule has 0 aliphatic carbocycles. The zero-order valence-corrected chi connectivity index (χ0v) is 15.7. The van der Waals surface area contributed by atoms with Crippen molar-refractivity contribution in [3.05, 3.63) is 59.2 Å². The summed E-state index contributed by atoms with van der Waals surface area (Å²) in [7, 11) is 0. The number of benzene rings is 2. The number of nitriles is 1. The predicted octanol–water partition coefficient (Wildman–Crippen LogP) is 1.91. The van der Waals surface area contributed by atoms with Crippen molar-refractivity contribution < 1.29 is 19.4 Å². The van der Waals surface area contributed by atoms with Gasteiger partial charge in [-0.25, -0.2) is 0 Å². The number of aliphatic hydroxyl groups excluding tert-OH is 1. The van der Waals surface area contributed by atoms with Gasteiger partial charge in [0, 0.05) is 17.9 Å². The molecule has 0 saturated carbocycles. The first-order valence-electron chi connectivity index (χ1n) is 8.90. The maximum Gasteiger partial charge on any atom is 0.259 e. The lowest BCUT2D eigenvalue weighted by Gasteiger charge is -2.34. The van der Waals surface area contributed by atoms with E-state index < -0.39 is 24.0 Å². The summed E-state index contributed by atoms with van der Waals surface area (Å²) < 4.78 is 5.41. The molecular weight excluding hydrogens is 358 g/mol. The van der Waals surface area contributed by atoms with Gasteiger partial charge in [-0.05, 0) is 49.7 Å². The Hall–Kier alpha value is -3.21. The molecule has 144 valence electrons. The number of nitrogens with one attached hydrogen (secondary N) is 1. The lowest BCUT2D eigenvalue weighted by Crippen LogP contribution is -2.55. The van der Waals surface area contributed by atoms with Gasteiger partial charge < -0.3 is 20.1 Å². The third-order valence-corrected chi connectivity index (χ3v) is 4.64. The summed E-state index contributed by atoms with van der Waals surface area (Å²) >= 11 is 0. The first-order valence-corrected chi connectivity index (χ1v) is 8.90. The molecule has 2 atom stereocenters. The Morgan fingerprint density at radius 1 is 1.29 bits per heavy atom. The lowest BCUT2D eigenvalue weighted by atomic mass is 10.1. The van der Waals surface area contributed by atoms with Gasteiger partial charge >= 0.3 is 0 Å². The second-order valence-corrected chi connectivity index (χ2v) is 6.69. The molecule has 7 heteroatoms. The topological polar surface area (TPSA) is 103 Å². The molecule has 0 spiro atoms. The van der Waals surface area contributed by atoms with Gasteiger partial charge in [0.05, 0.1) is 18.2 Å². The number of anilines is 2. The Morgan fingerprint density at radius 3 is 2.64 bits per heavy atom. The number of rotatable bonds is 4. The number of ether oxygens (including phenoxy) is 1. The molecule has 0 radical (unpaired) electrons. The summed E-state index contributed by atoms with van der Waals surface area (Å²) in [5, 5.41) is 22.0. The summed E-state index contributed by atoms with van der Waals surface area (Å²) in [6.07, 6.45) is -2.94. The number of carbonyl (C=O) groups is 2. The van der Waals surface area contributed by atoms with Crippen LogP contribution < -0.4 is 10.2 Å². The van der Waals surface area contributed by atoms with Crippen molar-refractivity contribution in [2.45, 2.75) is 26.1 Å². The first kappa shape index (κ1) is 19.5. The number of aryl methyl sites for hydroxylation is 2. The van der Waals surface area contributed by atoms with Crippen LogP contribution in [0.5, 0.6) is 0 Å². The van der Waals surface area contributed by atoms with Crippen LogP contribution in [0.15, 0.2) is 42.5 Å². The van der Waals surface area contributed by atoms with E-state index in [1.165, 1.54) is 4.90 Å². The van der Waals surface area contributed by atoms with Crippen molar-refractivity contribution in [3.63, 3.8) is 0 Å². The van der Waals surface area contributed by atoms with Crippen LogP contribution in [-0.4, -0.2) is 42.3 Å². The van der Waals surface area contributed by atoms with Crippen LogP contribution in [0.25, 0.3) is 0 Å². The molecule has 2 aromatic carbocycles. The van der Waals surface area contributed by atoms with Crippen molar-refractivity contribution in [2.24, 2.45) is 0 Å². The van der Waals surface area contributed by atoms with Crippen LogP contribution in [0.1, 0.15) is 16.7 Å². The molecule has 1 fully saturated rings. The maximum absolute atomic E-state index is 12.8. The minimum atomic E-state index is -1.66. The Balaban J connectivity index is 1.73. The summed E-state index contributed by atoms with van der Waals surface area (Å²) in [5.74, 6) is -1.20. The molecule has 2 aromatic rings. The van der Waals surface area contributed by atoms with Crippen LogP contribution in [0, 0.1) is 25.2 Å². The quantitative estimate of drug-likeness (QED) is 0.845. The van der Waals surface area contributed by atoms with E-state index in [9.17, 15) is 14.7 Å². The Kier molecular flexibility index (Phi) is 5.73. The van der Waals surface area contributed by atoms with E-state index in [1.807, 2.05) is 37.3 Å². The monoisotopic (exact) mass is 379 g/mol. The smallest absolute Gasteiger partial charge is 0.259 e. The second kappa shape index (κ2) is 8.21. The van der Waals surface area contributed by atoms with Crippen LogP contribution >= 0.6 is 0 Å². The van der Waals surface area contributed by atoms with E-state index in [0.29, 0.717) is 29.0 Å². The molecule has 0 aromatic heterocycles. The first-order chi connectivity index (χ1) is 13.4. The fraction of sp³-hybridized carbons (Fsp3) is 0.286. The summed E-state index contributed by atoms with van der Waals surface area (Å²) in [5.41, 5.74) is 3.37. The second-order valence-electron chi connectivity index (χ2n) is 6.69. The van der Waals surface area contributed by atoms with Crippen molar-refractivity contribution in [1.82, 2.24) is 0 Å². The van der Waals surface area contributed by atoms with Gasteiger partial charge in [-0.3, -0.25) is 9.59 Å². The molecule has 0 bridgehead atoms. The van der Waals surface area contributed by atoms with Crippen molar-refractivity contribution in [1.29, 1.82) is 5.26 Å². The zero-order chi connectivity index (χ0) is 20.3. The molecule has 28 heavy (non-hydrogen) atoms. The Bertz CT molecular complexity index is 934. The number of nitrogens with zero attached hydrogens (tertiary/aromatic N) is 2. The fourth-order valence-electron chi connectivity index (χ4n) is 3.03. The molecule has 1 saturated heterocycles. The highest BCUT2D eigenvalue weighted by Crippen LogP contribution is 2.22. The van der Waals surface area contributed by atoms with Gasteiger partial charge in [0.2, 0.25) is 0 Å². The normalized spacial score (nSPS) is 17.7. The average molecular weight is 379 g/mol. The van der Waals surface area contributed by atoms with Crippen molar-refractivity contribution in [3.8, 4) is 6.07 Å². The summed E-state index contributed by atoms with van der Waals surface area (Å²) in [4.78, 5) is 26.8. The predicted molar refractivity (Wildman–Crippen MR) is 104 cm³/mol. The zero-order valence-electron chi connectivity index (χ0n) is 15.7. The number of amides is 2. The van der Waals surface area contributed by atoms with Crippen molar-refractivity contribution in [2.75, 3.05) is 23.4 Å². The molecule has 3 rings (SSSR count). The minimum absolute atomic E-state index is 0.213. The van der Waals surface area contributed by atoms with Gasteiger partial charge in [0.15, 0.2) is 12.2 Å². The van der Waals surface area contributed by atoms with E-state index in [2.05, 4.69) is 5.32 Å². The standard InChI is InChI=1S/C21H21N3O4/c1-13-3-6-16(7-4-13)24-9-10-28-19(21(24)27)18(25)20(26)23-17-8-5-15(12-22)11-14(17)2/h3-8,11,18-19,25H,9-10H2,1-2H3,(H,23,26)/t18-,19-/m1/s1. The maximum atomic E-state index is 12.8. The van der Waals surface area contributed by atoms with E-state index >= 15 is 0 Å². The van der Waals surface area contributed by atoms with Crippen molar-refractivity contribution >= 4 is 23.2 Å². The minimum Gasteiger partial charge on any atom is -0.380 e. The highest BCUT2D eigenvalue weighted by Gasteiger charge is 2.39. The number of morpholine rings is 1. The number of hydrogen-bond acceptors (Lipinski definition) is 5. The molecule has 7 nitrogen and oxygen atoms in total. The fourth-order valence-corrected chi connectivity index (χ4v) is 3.03. The molecule has 0 unspecified atom stereocenters.